The number of nitrogens with one attached hydrogen (secondary N) is 2. The van der Waals surface area contributed by atoms with E-state index in [1.54, 1.807) is 0 Å². The van der Waals surface area contributed by atoms with Crippen molar-refractivity contribution in [2.45, 2.75) is 20.4 Å². The maximum atomic E-state index is 12.1. The summed E-state index contributed by atoms with van der Waals surface area (Å²) in [6.07, 6.45) is 1.45. The number of nitrogens with zero attached hydrogens (tertiary/aromatic N) is 1. The van der Waals surface area contributed by atoms with Gasteiger partial charge in [0.25, 0.3) is 5.91 Å². The molecule has 0 radical (unpaired) electrons. The SMILES string of the molecule is Cc1ccc(NC(=O)/C(C#N)=C\NCc2ccccc2C)cc1. The second-order valence-corrected chi connectivity index (χ2v) is 5.30. The molecule has 4 heteroatoms. The molecule has 0 fully saturated rings. The van der Waals surface area contributed by atoms with Crippen LogP contribution in [0.2, 0.25) is 0 Å². The Bertz CT molecular complexity index is 755. The number of hydrogen-bond donors (Lipinski definition) is 2. The van der Waals surface area contributed by atoms with Crippen LogP contribution in [0.1, 0.15) is 16.7 Å². The molecule has 1 amide bonds. The number of carbonyl (C=O) groups excluding carboxylic acids is 1. The van der Waals surface area contributed by atoms with Crippen LogP contribution in [0.4, 0.5) is 5.69 Å². The average Bonchev–Trinajstić information content (AvgIpc) is 2.55. The highest BCUT2D eigenvalue weighted by Crippen LogP contribution is 2.10. The first-order valence-electron chi connectivity index (χ1n) is 7.36. The predicted molar refractivity (Wildman–Crippen MR) is 91.5 cm³/mol. The standard InChI is InChI=1S/C19H19N3O/c1-14-7-9-18(10-8-14)22-19(23)17(11-20)13-21-12-16-6-4-3-5-15(16)2/h3-10,13,21H,12H2,1-2H3,(H,22,23)/b17-13-. The minimum absolute atomic E-state index is 0.0409. The largest absolute Gasteiger partial charge is 0.386 e. The number of nitriles is 1. The molecule has 0 heterocycles. The maximum absolute atomic E-state index is 12.1. The lowest BCUT2D eigenvalue weighted by Crippen LogP contribution is -2.16. The maximum Gasteiger partial charge on any atom is 0.267 e. The van der Waals surface area contributed by atoms with E-state index >= 15 is 0 Å². The van der Waals surface area contributed by atoms with Crippen molar-refractivity contribution in [1.29, 1.82) is 5.26 Å². The van der Waals surface area contributed by atoms with Gasteiger partial charge < -0.3 is 10.6 Å². The normalized spacial score (nSPS) is 10.7. The number of benzene rings is 2. The first kappa shape index (κ1) is 16.3. The average molecular weight is 305 g/mol. The fourth-order valence-corrected chi connectivity index (χ4v) is 2.06. The van der Waals surface area contributed by atoms with E-state index in [1.807, 2.05) is 68.4 Å². The van der Waals surface area contributed by atoms with Gasteiger partial charge in [-0.3, -0.25) is 4.79 Å². The third kappa shape index (κ3) is 4.72. The molecule has 0 aromatic heterocycles. The minimum Gasteiger partial charge on any atom is -0.386 e. The van der Waals surface area contributed by atoms with Crippen LogP contribution >= 0.6 is 0 Å². The second kappa shape index (κ2) is 7.81. The third-order valence-corrected chi connectivity index (χ3v) is 3.47. The zero-order valence-corrected chi connectivity index (χ0v) is 13.3. The van der Waals surface area contributed by atoms with Gasteiger partial charge in [0, 0.05) is 18.4 Å². The topological polar surface area (TPSA) is 64.9 Å². The van der Waals surface area contributed by atoms with Gasteiger partial charge in [-0.25, -0.2) is 0 Å². The monoisotopic (exact) mass is 305 g/mol. The number of rotatable bonds is 5. The van der Waals surface area contributed by atoms with E-state index in [2.05, 4.69) is 10.6 Å². The molecule has 0 aliphatic carbocycles. The van der Waals surface area contributed by atoms with Crippen molar-refractivity contribution in [2.75, 3.05) is 5.32 Å². The van der Waals surface area contributed by atoms with Crippen molar-refractivity contribution in [2.24, 2.45) is 0 Å². The summed E-state index contributed by atoms with van der Waals surface area (Å²) in [5.74, 6) is -0.423. The van der Waals surface area contributed by atoms with Gasteiger partial charge in [0.15, 0.2) is 0 Å². The van der Waals surface area contributed by atoms with Crippen LogP contribution in [-0.4, -0.2) is 5.91 Å². The van der Waals surface area contributed by atoms with Crippen molar-refractivity contribution in [3.8, 4) is 6.07 Å². The van der Waals surface area contributed by atoms with Crippen molar-refractivity contribution in [3.05, 3.63) is 77.0 Å². The Labute approximate surface area is 136 Å². The van der Waals surface area contributed by atoms with Crippen molar-refractivity contribution in [1.82, 2.24) is 5.32 Å². The van der Waals surface area contributed by atoms with Crippen molar-refractivity contribution in [3.63, 3.8) is 0 Å². The Hall–Kier alpha value is -3.06. The van der Waals surface area contributed by atoms with Gasteiger partial charge in [-0.2, -0.15) is 5.26 Å². The molecule has 2 rings (SSSR count). The zero-order chi connectivity index (χ0) is 16.7. The lowest BCUT2D eigenvalue weighted by atomic mass is 10.1. The molecule has 23 heavy (non-hydrogen) atoms. The first-order valence-corrected chi connectivity index (χ1v) is 7.36. The quantitative estimate of drug-likeness (QED) is 0.657. The van der Waals surface area contributed by atoms with Gasteiger partial charge in [0.05, 0.1) is 0 Å². The van der Waals surface area contributed by atoms with E-state index in [9.17, 15) is 4.79 Å². The molecule has 0 atom stereocenters. The van der Waals surface area contributed by atoms with Crippen LogP contribution in [0.25, 0.3) is 0 Å². The van der Waals surface area contributed by atoms with E-state index in [4.69, 9.17) is 5.26 Å². The summed E-state index contributed by atoms with van der Waals surface area (Å²) in [7, 11) is 0. The summed E-state index contributed by atoms with van der Waals surface area (Å²) in [6, 6.07) is 17.3. The Morgan fingerprint density at radius 1 is 1.13 bits per heavy atom. The van der Waals surface area contributed by atoms with Crippen LogP contribution in [0.15, 0.2) is 60.3 Å². The molecular formula is C19H19N3O. The molecule has 2 aromatic carbocycles. The Kier molecular flexibility index (Phi) is 5.54. The molecule has 0 saturated heterocycles. The summed E-state index contributed by atoms with van der Waals surface area (Å²) in [6.45, 7) is 4.56. The summed E-state index contributed by atoms with van der Waals surface area (Å²) in [5.41, 5.74) is 4.11. The molecule has 116 valence electrons. The summed E-state index contributed by atoms with van der Waals surface area (Å²) >= 11 is 0. The summed E-state index contributed by atoms with van der Waals surface area (Å²) in [4.78, 5) is 12.1. The van der Waals surface area contributed by atoms with Gasteiger partial charge in [-0.1, -0.05) is 42.0 Å². The molecule has 0 bridgehead atoms. The van der Waals surface area contributed by atoms with Crippen LogP contribution in [0, 0.1) is 25.2 Å². The number of aryl methyl sites for hydroxylation is 2. The number of hydrogen-bond acceptors (Lipinski definition) is 3. The van der Waals surface area contributed by atoms with Crippen LogP contribution in [0.3, 0.4) is 0 Å². The predicted octanol–water partition coefficient (Wildman–Crippen LogP) is 3.44. The molecule has 2 aromatic rings. The van der Waals surface area contributed by atoms with E-state index in [1.165, 1.54) is 6.20 Å². The summed E-state index contributed by atoms with van der Waals surface area (Å²) < 4.78 is 0. The lowest BCUT2D eigenvalue weighted by molar-refractivity contribution is -0.112. The zero-order valence-electron chi connectivity index (χ0n) is 13.3. The lowest BCUT2D eigenvalue weighted by Gasteiger charge is -2.07. The molecular weight excluding hydrogens is 286 g/mol. The van der Waals surface area contributed by atoms with Crippen molar-refractivity contribution >= 4 is 11.6 Å². The summed E-state index contributed by atoms with van der Waals surface area (Å²) in [5, 5.41) is 14.9. The molecule has 0 saturated carbocycles. The fraction of sp³-hybridized carbons (Fsp3) is 0.158. The first-order chi connectivity index (χ1) is 11.1. The van der Waals surface area contributed by atoms with E-state index < -0.39 is 5.91 Å². The van der Waals surface area contributed by atoms with Crippen molar-refractivity contribution < 1.29 is 4.79 Å². The van der Waals surface area contributed by atoms with Gasteiger partial charge in [0.1, 0.15) is 11.6 Å². The molecule has 0 aliphatic rings. The Balaban J connectivity index is 1.98. The molecule has 4 nitrogen and oxygen atoms in total. The molecule has 0 aliphatic heterocycles. The third-order valence-electron chi connectivity index (χ3n) is 3.47. The fourth-order valence-electron chi connectivity index (χ4n) is 2.06. The Morgan fingerprint density at radius 2 is 1.83 bits per heavy atom. The van der Waals surface area contributed by atoms with E-state index in [0.717, 1.165) is 16.7 Å². The van der Waals surface area contributed by atoms with E-state index in [0.29, 0.717) is 12.2 Å². The Morgan fingerprint density at radius 3 is 2.48 bits per heavy atom. The van der Waals surface area contributed by atoms with Crippen LogP contribution < -0.4 is 10.6 Å². The van der Waals surface area contributed by atoms with Gasteiger partial charge in [-0.05, 0) is 37.1 Å². The van der Waals surface area contributed by atoms with Gasteiger partial charge >= 0.3 is 0 Å². The number of carbonyl (C=O) groups is 1. The molecule has 0 unspecified atom stereocenters. The molecule has 0 spiro atoms. The van der Waals surface area contributed by atoms with Crippen LogP contribution in [0.5, 0.6) is 0 Å². The van der Waals surface area contributed by atoms with E-state index in [-0.39, 0.29) is 5.57 Å². The number of anilines is 1. The van der Waals surface area contributed by atoms with Gasteiger partial charge in [0.2, 0.25) is 0 Å². The smallest absolute Gasteiger partial charge is 0.267 e. The highest BCUT2D eigenvalue weighted by molar-refractivity contribution is 6.06. The van der Waals surface area contributed by atoms with Gasteiger partial charge in [-0.15, -0.1) is 0 Å². The minimum atomic E-state index is -0.423. The highest BCUT2D eigenvalue weighted by Gasteiger charge is 2.09. The highest BCUT2D eigenvalue weighted by atomic mass is 16.1. The second-order valence-electron chi connectivity index (χ2n) is 5.30. The molecule has 2 N–H and O–H groups in total. The van der Waals surface area contributed by atoms with Crippen LogP contribution in [-0.2, 0) is 11.3 Å². The number of amides is 1.